The second kappa shape index (κ2) is 3.65. The Balaban J connectivity index is 1.82. The first-order valence-corrected chi connectivity index (χ1v) is 6.25. The van der Waals surface area contributed by atoms with Crippen LogP contribution in [0.2, 0.25) is 0 Å². The second-order valence-electron chi connectivity index (χ2n) is 6.00. The van der Waals surface area contributed by atoms with Crippen LogP contribution in [-0.2, 0) is 23.7 Å². The zero-order valence-electron chi connectivity index (χ0n) is 11.1. The van der Waals surface area contributed by atoms with E-state index in [0.29, 0.717) is 6.61 Å². The number of aliphatic hydroxyl groups is 1. The normalized spacial score (nSPS) is 49.5. The van der Waals surface area contributed by atoms with Gasteiger partial charge in [-0.15, -0.1) is 0 Å². The SMILES string of the molecule is CC1(C)OC2[C@@H](CO[C@]3(COC(C)(C)O3)[C@H]2O)O1. The first-order valence-electron chi connectivity index (χ1n) is 6.25. The van der Waals surface area contributed by atoms with Gasteiger partial charge < -0.3 is 28.8 Å². The summed E-state index contributed by atoms with van der Waals surface area (Å²) in [6, 6.07) is 0. The average Bonchev–Trinajstić information content (AvgIpc) is 2.71. The van der Waals surface area contributed by atoms with E-state index in [9.17, 15) is 5.11 Å². The van der Waals surface area contributed by atoms with E-state index in [1.807, 2.05) is 13.8 Å². The highest BCUT2D eigenvalue weighted by Gasteiger charge is 2.62. The molecule has 3 heterocycles. The van der Waals surface area contributed by atoms with Crippen LogP contribution >= 0.6 is 0 Å². The molecule has 0 aliphatic carbocycles. The van der Waals surface area contributed by atoms with Crippen LogP contribution in [0.3, 0.4) is 0 Å². The molecule has 3 fully saturated rings. The number of rotatable bonds is 0. The molecule has 3 saturated heterocycles. The van der Waals surface area contributed by atoms with Crippen LogP contribution in [0.1, 0.15) is 27.7 Å². The minimum absolute atomic E-state index is 0.189. The Morgan fingerprint density at radius 1 is 1.00 bits per heavy atom. The van der Waals surface area contributed by atoms with Gasteiger partial charge in [0.1, 0.15) is 24.9 Å². The van der Waals surface area contributed by atoms with Crippen LogP contribution in [0, 0.1) is 0 Å². The summed E-state index contributed by atoms with van der Waals surface area (Å²) in [5.41, 5.74) is 0. The van der Waals surface area contributed by atoms with Crippen molar-refractivity contribution in [3.63, 3.8) is 0 Å². The predicted octanol–water partition coefficient (Wildman–Crippen LogP) is 0.377. The summed E-state index contributed by atoms with van der Waals surface area (Å²) in [4.78, 5) is 0. The molecule has 0 aromatic heterocycles. The van der Waals surface area contributed by atoms with Crippen LogP contribution in [0.5, 0.6) is 0 Å². The molecular formula is C12H20O6. The van der Waals surface area contributed by atoms with Crippen LogP contribution < -0.4 is 0 Å². The lowest BCUT2D eigenvalue weighted by Gasteiger charge is -2.41. The monoisotopic (exact) mass is 260 g/mol. The molecule has 0 amide bonds. The minimum atomic E-state index is -1.14. The van der Waals surface area contributed by atoms with Crippen molar-refractivity contribution in [1.82, 2.24) is 0 Å². The van der Waals surface area contributed by atoms with Gasteiger partial charge in [0.15, 0.2) is 11.6 Å². The minimum Gasteiger partial charge on any atom is -0.385 e. The zero-order chi connectivity index (χ0) is 13.2. The summed E-state index contributed by atoms with van der Waals surface area (Å²) in [5, 5.41) is 10.5. The highest BCUT2D eigenvalue weighted by Crippen LogP contribution is 2.43. The van der Waals surface area contributed by atoms with Gasteiger partial charge in [0.25, 0.3) is 0 Å². The van der Waals surface area contributed by atoms with Gasteiger partial charge in [0.2, 0.25) is 5.79 Å². The Morgan fingerprint density at radius 3 is 2.33 bits per heavy atom. The van der Waals surface area contributed by atoms with Gasteiger partial charge in [-0.25, -0.2) is 0 Å². The van der Waals surface area contributed by atoms with E-state index >= 15 is 0 Å². The number of ether oxygens (including phenoxy) is 5. The van der Waals surface area contributed by atoms with E-state index in [4.69, 9.17) is 23.7 Å². The summed E-state index contributed by atoms with van der Waals surface area (Å²) in [5.74, 6) is -2.61. The smallest absolute Gasteiger partial charge is 0.224 e. The van der Waals surface area contributed by atoms with Gasteiger partial charge in [0, 0.05) is 0 Å². The number of fused-ring (bicyclic) bond motifs is 1. The van der Waals surface area contributed by atoms with Gasteiger partial charge in [0.05, 0.1) is 6.61 Å². The first kappa shape index (κ1) is 12.8. The molecule has 1 N–H and O–H groups in total. The third-order valence-corrected chi connectivity index (χ3v) is 3.51. The predicted molar refractivity (Wildman–Crippen MR) is 59.6 cm³/mol. The van der Waals surface area contributed by atoms with Crippen molar-refractivity contribution < 1.29 is 28.8 Å². The third-order valence-electron chi connectivity index (χ3n) is 3.51. The maximum atomic E-state index is 10.5. The summed E-state index contributed by atoms with van der Waals surface area (Å²) >= 11 is 0. The number of hydrogen-bond donors (Lipinski definition) is 1. The number of hydrogen-bond acceptors (Lipinski definition) is 6. The number of aliphatic hydroxyl groups excluding tert-OH is 1. The lowest BCUT2D eigenvalue weighted by molar-refractivity contribution is -0.326. The Labute approximate surface area is 106 Å². The molecule has 6 nitrogen and oxygen atoms in total. The topological polar surface area (TPSA) is 66.4 Å². The fourth-order valence-electron chi connectivity index (χ4n) is 2.78. The Morgan fingerprint density at radius 2 is 1.72 bits per heavy atom. The maximum Gasteiger partial charge on any atom is 0.224 e. The summed E-state index contributed by atoms with van der Waals surface area (Å²) in [6.45, 7) is 7.74. The third kappa shape index (κ3) is 1.88. The van der Waals surface area contributed by atoms with Gasteiger partial charge in [-0.05, 0) is 27.7 Å². The molecule has 104 valence electrons. The highest BCUT2D eigenvalue weighted by molar-refractivity contribution is 5.00. The molecule has 3 rings (SSSR count). The molecule has 1 unspecified atom stereocenters. The first-order chi connectivity index (χ1) is 8.23. The van der Waals surface area contributed by atoms with Crippen LogP contribution in [0.25, 0.3) is 0 Å². The quantitative estimate of drug-likeness (QED) is 0.679. The molecule has 0 radical (unpaired) electrons. The van der Waals surface area contributed by atoms with Crippen molar-refractivity contribution in [2.45, 2.75) is 63.4 Å². The molecule has 4 atom stereocenters. The van der Waals surface area contributed by atoms with E-state index in [0.717, 1.165) is 0 Å². The van der Waals surface area contributed by atoms with Crippen LogP contribution in [-0.4, -0.2) is 54.0 Å². The average molecular weight is 260 g/mol. The Kier molecular flexibility index (Phi) is 2.59. The van der Waals surface area contributed by atoms with Gasteiger partial charge in [-0.1, -0.05) is 0 Å². The van der Waals surface area contributed by atoms with Crippen molar-refractivity contribution >= 4 is 0 Å². The second-order valence-corrected chi connectivity index (χ2v) is 6.00. The molecule has 3 aliphatic rings. The molecule has 3 aliphatic heterocycles. The molecular weight excluding hydrogens is 240 g/mol. The fraction of sp³-hybridized carbons (Fsp3) is 1.00. The molecule has 0 aromatic rings. The van der Waals surface area contributed by atoms with Gasteiger partial charge >= 0.3 is 0 Å². The van der Waals surface area contributed by atoms with E-state index in [1.54, 1.807) is 13.8 Å². The highest BCUT2D eigenvalue weighted by atomic mass is 16.9. The molecule has 0 aromatic carbocycles. The molecule has 6 heteroatoms. The van der Waals surface area contributed by atoms with Crippen molar-refractivity contribution in [2.75, 3.05) is 13.2 Å². The summed E-state index contributed by atoms with van der Waals surface area (Å²) in [7, 11) is 0. The van der Waals surface area contributed by atoms with Gasteiger partial charge in [-0.3, -0.25) is 0 Å². The Hall–Kier alpha value is -0.240. The lowest BCUT2D eigenvalue weighted by Crippen LogP contribution is -2.61. The van der Waals surface area contributed by atoms with E-state index in [2.05, 4.69) is 0 Å². The van der Waals surface area contributed by atoms with Crippen LogP contribution in [0.15, 0.2) is 0 Å². The van der Waals surface area contributed by atoms with E-state index in [-0.39, 0.29) is 12.7 Å². The van der Waals surface area contributed by atoms with Crippen molar-refractivity contribution in [2.24, 2.45) is 0 Å². The molecule has 0 saturated carbocycles. The summed E-state index contributed by atoms with van der Waals surface area (Å²) < 4.78 is 28.3. The zero-order valence-corrected chi connectivity index (χ0v) is 11.1. The van der Waals surface area contributed by atoms with Crippen molar-refractivity contribution in [3.05, 3.63) is 0 Å². The Bertz CT molecular complexity index is 352. The van der Waals surface area contributed by atoms with E-state index < -0.39 is 29.6 Å². The van der Waals surface area contributed by atoms with Gasteiger partial charge in [-0.2, -0.15) is 0 Å². The molecule has 18 heavy (non-hydrogen) atoms. The van der Waals surface area contributed by atoms with Crippen molar-refractivity contribution in [3.8, 4) is 0 Å². The standard InChI is InChI=1S/C12H20O6/c1-10(2)15-6-12(18-10)9(13)8-7(5-14-12)16-11(3,4)17-8/h7-9,13H,5-6H2,1-4H3/t7-,8?,9+,12+/m1/s1. The van der Waals surface area contributed by atoms with Crippen molar-refractivity contribution in [1.29, 1.82) is 0 Å². The maximum absolute atomic E-state index is 10.5. The summed E-state index contributed by atoms with van der Waals surface area (Å²) in [6.07, 6.45) is -1.65. The molecule has 1 spiro atoms. The molecule has 0 bridgehead atoms. The van der Waals surface area contributed by atoms with Crippen LogP contribution in [0.4, 0.5) is 0 Å². The largest absolute Gasteiger partial charge is 0.385 e. The fourth-order valence-corrected chi connectivity index (χ4v) is 2.78. The van der Waals surface area contributed by atoms with E-state index in [1.165, 1.54) is 0 Å². The lowest BCUT2D eigenvalue weighted by atomic mass is 9.97.